The summed E-state index contributed by atoms with van der Waals surface area (Å²) >= 11 is 3.27. The first kappa shape index (κ1) is 22.3. The number of nitrogens with zero attached hydrogens (tertiary/aromatic N) is 1. The molecule has 1 aromatic carbocycles. The first-order valence-corrected chi connectivity index (χ1v) is 10.8. The number of hydrogen-bond donors (Lipinski definition) is 3. The third-order valence-electron chi connectivity index (χ3n) is 6.05. The van der Waals surface area contributed by atoms with Crippen molar-refractivity contribution in [1.29, 1.82) is 0 Å². The maximum Gasteiger partial charge on any atom is 0.325 e. The van der Waals surface area contributed by atoms with Gasteiger partial charge in [0.15, 0.2) is 0 Å². The van der Waals surface area contributed by atoms with E-state index < -0.39 is 29.9 Å². The van der Waals surface area contributed by atoms with Gasteiger partial charge in [0.2, 0.25) is 0 Å². The zero-order chi connectivity index (χ0) is 22.1. The number of hydrazine groups is 1. The van der Waals surface area contributed by atoms with Gasteiger partial charge in [-0.25, -0.2) is 4.79 Å². The second-order valence-electron chi connectivity index (χ2n) is 9.03. The lowest BCUT2D eigenvalue weighted by atomic mass is 9.67. The molecule has 1 aliphatic heterocycles. The van der Waals surface area contributed by atoms with E-state index in [1.54, 1.807) is 24.3 Å². The molecule has 0 radical (unpaired) electrons. The molecular formula is C21H27BrN4O4. The van der Waals surface area contributed by atoms with Gasteiger partial charge in [-0.05, 0) is 65.1 Å². The molecule has 0 atom stereocenters. The summed E-state index contributed by atoms with van der Waals surface area (Å²) in [5, 5.41) is 2.81. The number of halogens is 1. The van der Waals surface area contributed by atoms with E-state index in [9.17, 15) is 19.2 Å². The highest BCUT2D eigenvalue weighted by Crippen LogP contribution is 2.43. The van der Waals surface area contributed by atoms with Crippen LogP contribution in [0.5, 0.6) is 0 Å². The number of carbonyl (C=O) groups is 4. The normalized spacial score (nSPS) is 24.0. The molecule has 0 aromatic heterocycles. The molecule has 1 spiro atoms. The maximum absolute atomic E-state index is 13.0. The molecule has 3 rings (SSSR count). The summed E-state index contributed by atoms with van der Waals surface area (Å²) in [7, 11) is 0. The van der Waals surface area contributed by atoms with Gasteiger partial charge in [-0.2, -0.15) is 0 Å². The molecule has 3 N–H and O–H groups in total. The molecule has 5 amide bonds. The van der Waals surface area contributed by atoms with Gasteiger partial charge in [0, 0.05) is 4.47 Å². The average molecular weight is 479 g/mol. The molecule has 30 heavy (non-hydrogen) atoms. The molecular weight excluding hydrogens is 452 g/mol. The predicted molar refractivity (Wildman–Crippen MR) is 114 cm³/mol. The molecule has 0 unspecified atom stereocenters. The third kappa shape index (κ3) is 4.50. The van der Waals surface area contributed by atoms with Crippen LogP contribution in [-0.2, 0) is 9.59 Å². The predicted octanol–water partition coefficient (Wildman–Crippen LogP) is 2.74. The summed E-state index contributed by atoms with van der Waals surface area (Å²) in [5.74, 6) is -1.05. The Labute approximate surface area is 184 Å². The quantitative estimate of drug-likeness (QED) is 0.458. The van der Waals surface area contributed by atoms with E-state index in [4.69, 9.17) is 0 Å². The SMILES string of the molecule is CC(C)(C)C1CCC2(CC1)NC(=O)N(CC(=O)NNC(=O)c1ccccc1Br)C2=O. The Bertz CT molecular complexity index is 872. The van der Waals surface area contributed by atoms with Gasteiger partial charge in [-0.15, -0.1) is 0 Å². The van der Waals surface area contributed by atoms with Crippen LogP contribution in [0.1, 0.15) is 56.8 Å². The lowest BCUT2D eigenvalue weighted by Gasteiger charge is -2.40. The van der Waals surface area contributed by atoms with Crippen molar-refractivity contribution in [3.63, 3.8) is 0 Å². The Hall–Kier alpha value is -2.42. The Morgan fingerprint density at radius 3 is 2.40 bits per heavy atom. The topological polar surface area (TPSA) is 108 Å². The zero-order valence-electron chi connectivity index (χ0n) is 17.4. The van der Waals surface area contributed by atoms with E-state index in [0.29, 0.717) is 28.8 Å². The van der Waals surface area contributed by atoms with Crippen molar-refractivity contribution < 1.29 is 19.2 Å². The first-order valence-electron chi connectivity index (χ1n) is 10.0. The lowest BCUT2D eigenvalue weighted by Crippen LogP contribution is -2.51. The number of hydrogen-bond acceptors (Lipinski definition) is 4. The molecule has 8 nitrogen and oxygen atoms in total. The monoisotopic (exact) mass is 478 g/mol. The average Bonchev–Trinajstić information content (AvgIpc) is 2.90. The Morgan fingerprint density at radius 2 is 1.80 bits per heavy atom. The second kappa shape index (κ2) is 8.37. The Morgan fingerprint density at radius 1 is 1.17 bits per heavy atom. The van der Waals surface area contributed by atoms with Crippen LogP contribution in [0, 0.1) is 11.3 Å². The summed E-state index contributed by atoms with van der Waals surface area (Å²) in [5.41, 5.74) is 4.14. The fourth-order valence-corrected chi connectivity index (χ4v) is 4.62. The van der Waals surface area contributed by atoms with Gasteiger partial charge in [0.25, 0.3) is 17.7 Å². The van der Waals surface area contributed by atoms with Crippen LogP contribution in [0.3, 0.4) is 0 Å². The van der Waals surface area contributed by atoms with Crippen molar-refractivity contribution >= 4 is 39.7 Å². The van der Waals surface area contributed by atoms with Crippen LogP contribution in [0.2, 0.25) is 0 Å². The highest BCUT2D eigenvalue weighted by molar-refractivity contribution is 9.10. The summed E-state index contributed by atoms with van der Waals surface area (Å²) in [6.07, 6.45) is 2.82. The number of nitrogens with one attached hydrogen (secondary N) is 3. The smallest absolute Gasteiger partial charge is 0.323 e. The van der Waals surface area contributed by atoms with Gasteiger partial charge in [0.05, 0.1) is 5.56 Å². The second-order valence-corrected chi connectivity index (χ2v) is 9.88. The van der Waals surface area contributed by atoms with E-state index in [2.05, 4.69) is 52.9 Å². The molecule has 1 aliphatic carbocycles. The molecule has 162 valence electrons. The van der Waals surface area contributed by atoms with E-state index in [1.807, 2.05) is 0 Å². The van der Waals surface area contributed by atoms with Gasteiger partial charge in [-0.1, -0.05) is 32.9 Å². The lowest BCUT2D eigenvalue weighted by molar-refractivity contribution is -0.136. The largest absolute Gasteiger partial charge is 0.325 e. The summed E-state index contributed by atoms with van der Waals surface area (Å²) in [6, 6.07) is 6.20. The molecule has 0 bridgehead atoms. The Balaban J connectivity index is 1.56. The molecule has 1 heterocycles. The summed E-state index contributed by atoms with van der Waals surface area (Å²) in [6.45, 7) is 6.10. The third-order valence-corrected chi connectivity index (χ3v) is 6.74. The van der Waals surface area contributed by atoms with Crippen molar-refractivity contribution in [2.45, 2.75) is 52.0 Å². The molecule has 2 fully saturated rings. The number of rotatable bonds is 3. The molecule has 1 saturated heterocycles. The van der Waals surface area contributed by atoms with Gasteiger partial charge >= 0.3 is 6.03 Å². The summed E-state index contributed by atoms with van der Waals surface area (Å²) in [4.78, 5) is 50.7. The highest BCUT2D eigenvalue weighted by Gasteiger charge is 2.53. The van der Waals surface area contributed by atoms with Crippen LogP contribution in [0.4, 0.5) is 4.79 Å². The summed E-state index contributed by atoms with van der Waals surface area (Å²) < 4.78 is 0.582. The zero-order valence-corrected chi connectivity index (χ0v) is 19.0. The van der Waals surface area contributed by atoms with E-state index in [1.165, 1.54) is 0 Å². The molecule has 1 saturated carbocycles. The van der Waals surface area contributed by atoms with Crippen LogP contribution in [0.15, 0.2) is 28.7 Å². The minimum Gasteiger partial charge on any atom is -0.323 e. The van der Waals surface area contributed by atoms with Crippen LogP contribution in [0.25, 0.3) is 0 Å². The molecule has 1 aromatic rings. The van der Waals surface area contributed by atoms with Crippen LogP contribution < -0.4 is 16.2 Å². The molecule has 2 aliphatic rings. The number of amides is 5. The van der Waals surface area contributed by atoms with E-state index >= 15 is 0 Å². The Kier molecular flexibility index (Phi) is 6.21. The van der Waals surface area contributed by atoms with Crippen molar-refractivity contribution in [2.75, 3.05) is 6.54 Å². The van der Waals surface area contributed by atoms with Crippen molar-refractivity contribution in [3.8, 4) is 0 Å². The number of imide groups is 1. The van der Waals surface area contributed by atoms with E-state index in [0.717, 1.165) is 17.7 Å². The van der Waals surface area contributed by atoms with Crippen molar-refractivity contribution in [2.24, 2.45) is 11.3 Å². The minimum atomic E-state index is -0.919. The van der Waals surface area contributed by atoms with Crippen LogP contribution >= 0.6 is 15.9 Å². The highest BCUT2D eigenvalue weighted by atomic mass is 79.9. The van der Waals surface area contributed by atoms with Gasteiger partial charge in [0.1, 0.15) is 12.1 Å². The number of benzene rings is 1. The fraction of sp³-hybridized carbons (Fsp3) is 0.524. The maximum atomic E-state index is 13.0. The first-order chi connectivity index (χ1) is 14.0. The standard InChI is InChI=1S/C21H27BrN4O4/c1-20(2,3)13-8-10-21(11-9-13)18(29)26(19(30)23-21)12-16(27)24-25-17(28)14-6-4-5-7-15(14)22/h4-7,13H,8-12H2,1-3H3,(H,23,30)(H,24,27)(H,25,28). The van der Waals surface area contributed by atoms with Crippen molar-refractivity contribution in [1.82, 2.24) is 21.1 Å². The number of urea groups is 1. The van der Waals surface area contributed by atoms with Crippen molar-refractivity contribution in [3.05, 3.63) is 34.3 Å². The van der Waals surface area contributed by atoms with Gasteiger partial charge in [-0.3, -0.25) is 30.1 Å². The molecule has 9 heteroatoms. The van der Waals surface area contributed by atoms with Gasteiger partial charge < -0.3 is 5.32 Å². The van der Waals surface area contributed by atoms with E-state index in [-0.39, 0.29) is 11.3 Å². The van der Waals surface area contributed by atoms with Crippen LogP contribution in [-0.4, -0.2) is 40.7 Å². The fourth-order valence-electron chi connectivity index (χ4n) is 4.16. The number of carbonyl (C=O) groups excluding carboxylic acids is 4. The minimum absolute atomic E-state index is 0.152.